The minimum absolute atomic E-state index is 0.0351. The highest BCUT2D eigenvalue weighted by atomic mass is 127. The second-order valence-electron chi connectivity index (χ2n) is 2.12. The van der Waals surface area contributed by atoms with Gasteiger partial charge < -0.3 is 10.8 Å². The molecular weight excluding hydrogens is 260 g/mol. The van der Waals surface area contributed by atoms with Crippen molar-refractivity contribution >= 4 is 28.3 Å². The highest BCUT2D eigenvalue weighted by Crippen LogP contribution is 2.19. The average Bonchev–Trinajstić information content (AvgIpc) is 1.96. The normalized spacial score (nSPS) is 10.1. The summed E-state index contributed by atoms with van der Waals surface area (Å²) >= 11 is 1.96. The first-order valence-electron chi connectivity index (χ1n) is 2.99. The molecule has 0 radical (unpaired) electrons. The standard InChI is InChI=1S/C7H7FINO/c8-6-2-5(9)1-4(3-11)7(6)10/h1-2,11H,3,10H2. The molecule has 2 nitrogen and oxygen atoms in total. The van der Waals surface area contributed by atoms with Crippen LogP contribution >= 0.6 is 22.6 Å². The molecule has 0 aliphatic rings. The smallest absolute Gasteiger partial charge is 0.147 e. The third-order valence-electron chi connectivity index (χ3n) is 1.35. The third kappa shape index (κ3) is 1.81. The van der Waals surface area contributed by atoms with Crippen molar-refractivity contribution in [2.45, 2.75) is 6.61 Å². The molecule has 0 bridgehead atoms. The van der Waals surface area contributed by atoms with Gasteiger partial charge in [-0.3, -0.25) is 0 Å². The molecule has 0 aliphatic heterocycles. The van der Waals surface area contributed by atoms with E-state index in [0.29, 0.717) is 5.56 Å². The molecule has 3 N–H and O–H groups in total. The lowest BCUT2D eigenvalue weighted by molar-refractivity contribution is 0.282. The van der Waals surface area contributed by atoms with E-state index in [2.05, 4.69) is 0 Å². The minimum atomic E-state index is -0.471. The number of hydrogen-bond acceptors (Lipinski definition) is 2. The van der Waals surface area contributed by atoms with Crippen LogP contribution in [0.5, 0.6) is 0 Å². The van der Waals surface area contributed by atoms with Gasteiger partial charge in [-0.1, -0.05) is 0 Å². The minimum Gasteiger partial charge on any atom is -0.396 e. The molecule has 0 fully saturated rings. The summed E-state index contributed by atoms with van der Waals surface area (Å²) in [5, 5.41) is 8.72. The van der Waals surface area contributed by atoms with Crippen molar-refractivity contribution in [3.05, 3.63) is 27.1 Å². The van der Waals surface area contributed by atoms with Crippen molar-refractivity contribution in [2.24, 2.45) is 0 Å². The summed E-state index contributed by atoms with van der Waals surface area (Å²) in [6.45, 7) is -0.223. The van der Waals surface area contributed by atoms with Crippen LogP contribution in [-0.4, -0.2) is 5.11 Å². The summed E-state index contributed by atoms with van der Waals surface area (Å²) in [5.41, 5.74) is 5.80. The van der Waals surface area contributed by atoms with E-state index in [1.807, 2.05) is 22.6 Å². The molecule has 4 heteroatoms. The van der Waals surface area contributed by atoms with Gasteiger partial charge in [0, 0.05) is 9.13 Å². The first-order chi connectivity index (χ1) is 5.15. The van der Waals surface area contributed by atoms with Crippen LogP contribution in [-0.2, 0) is 6.61 Å². The van der Waals surface area contributed by atoms with Gasteiger partial charge in [-0.05, 0) is 34.7 Å². The molecule has 0 aromatic heterocycles. The Labute approximate surface area is 77.4 Å². The SMILES string of the molecule is Nc1c(F)cc(I)cc1CO. The van der Waals surface area contributed by atoms with E-state index in [9.17, 15) is 4.39 Å². The number of hydrogen-bond donors (Lipinski definition) is 2. The number of anilines is 1. The van der Waals surface area contributed by atoms with E-state index >= 15 is 0 Å². The second-order valence-corrected chi connectivity index (χ2v) is 3.36. The van der Waals surface area contributed by atoms with Crippen molar-refractivity contribution in [3.63, 3.8) is 0 Å². The Morgan fingerprint density at radius 3 is 2.73 bits per heavy atom. The summed E-state index contributed by atoms with van der Waals surface area (Å²) in [6.07, 6.45) is 0. The molecule has 1 aromatic rings. The molecule has 1 aromatic carbocycles. The zero-order valence-corrected chi connectivity index (χ0v) is 7.80. The number of benzene rings is 1. The molecule has 0 saturated carbocycles. The number of aliphatic hydroxyl groups is 1. The Kier molecular flexibility index (Phi) is 2.67. The highest BCUT2D eigenvalue weighted by Gasteiger charge is 2.04. The molecule has 11 heavy (non-hydrogen) atoms. The molecule has 0 aliphatic carbocycles. The van der Waals surface area contributed by atoms with E-state index in [0.717, 1.165) is 3.57 Å². The van der Waals surface area contributed by atoms with Gasteiger partial charge in [0.15, 0.2) is 0 Å². The zero-order valence-electron chi connectivity index (χ0n) is 5.64. The van der Waals surface area contributed by atoms with Crippen molar-refractivity contribution in [3.8, 4) is 0 Å². The van der Waals surface area contributed by atoms with Crippen LogP contribution in [0.3, 0.4) is 0 Å². The fourth-order valence-electron chi connectivity index (χ4n) is 0.769. The van der Waals surface area contributed by atoms with Crippen LogP contribution in [0.2, 0.25) is 0 Å². The average molecular weight is 267 g/mol. The fraction of sp³-hybridized carbons (Fsp3) is 0.143. The van der Waals surface area contributed by atoms with E-state index in [-0.39, 0.29) is 12.3 Å². The second kappa shape index (κ2) is 3.36. The first-order valence-corrected chi connectivity index (χ1v) is 4.07. The number of rotatable bonds is 1. The summed E-state index contributed by atoms with van der Waals surface area (Å²) in [4.78, 5) is 0. The lowest BCUT2D eigenvalue weighted by Crippen LogP contribution is -1.98. The number of nitrogen functional groups attached to an aromatic ring is 1. The topological polar surface area (TPSA) is 46.2 Å². The van der Waals surface area contributed by atoms with Crippen LogP contribution < -0.4 is 5.73 Å². The molecule has 0 spiro atoms. The van der Waals surface area contributed by atoms with Crippen LogP contribution in [0.15, 0.2) is 12.1 Å². The Hall–Kier alpha value is -0.360. The molecule has 1 rings (SSSR count). The highest BCUT2D eigenvalue weighted by molar-refractivity contribution is 14.1. The maximum Gasteiger partial charge on any atom is 0.147 e. The van der Waals surface area contributed by atoms with Crippen LogP contribution in [0.1, 0.15) is 5.56 Å². The lowest BCUT2D eigenvalue weighted by atomic mass is 10.2. The number of aliphatic hydroxyl groups excluding tert-OH is 1. The lowest BCUT2D eigenvalue weighted by Gasteiger charge is -2.03. The maximum absolute atomic E-state index is 12.8. The van der Waals surface area contributed by atoms with Crippen LogP contribution in [0.25, 0.3) is 0 Å². The largest absolute Gasteiger partial charge is 0.396 e. The van der Waals surface area contributed by atoms with Gasteiger partial charge in [0.2, 0.25) is 0 Å². The van der Waals surface area contributed by atoms with E-state index in [4.69, 9.17) is 10.8 Å². The van der Waals surface area contributed by atoms with Gasteiger partial charge in [-0.15, -0.1) is 0 Å². The quantitative estimate of drug-likeness (QED) is 0.598. The maximum atomic E-state index is 12.8. The summed E-state index contributed by atoms with van der Waals surface area (Å²) in [7, 11) is 0. The van der Waals surface area contributed by atoms with Crippen LogP contribution in [0.4, 0.5) is 10.1 Å². The molecule has 0 unspecified atom stereocenters. The fourth-order valence-corrected chi connectivity index (χ4v) is 1.42. The predicted molar refractivity (Wildman–Crippen MR) is 49.5 cm³/mol. The van der Waals surface area contributed by atoms with E-state index in [1.165, 1.54) is 6.07 Å². The molecule has 60 valence electrons. The van der Waals surface area contributed by atoms with E-state index in [1.54, 1.807) is 6.07 Å². The summed E-state index contributed by atoms with van der Waals surface area (Å²) < 4.78 is 13.5. The Morgan fingerprint density at radius 1 is 1.55 bits per heavy atom. The number of halogens is 2. The number of nitrogens with two attached hydrogens (primary N) is 1. The van der Waals surface area contributed by atoms with Crippen molar-refractivity contribution < 1.29 is 9.50 Å². The Balaban J connectivity index is 3.24. The predicted octanol–water partition coefficient (Wildman–Crippen LogP) is 1.50. The van der Waals surface area contributed by atoms with Crippen molar-refractivity contribution in [2.75, 3.05) is 5.73 Å². The molecule has 0 amide bonds. The Bertz CT molecular complexity index is 277. The van der Waals surface area contributed by atoms with Gasteiger partial charge in [0.05, 0.1) is 12.3 Å². The Morgan fingerprint density at radius 2 is 2.18 bits per heavy atom. The molecular formula is C7H7FINO. The van der Waals surface area contributed by atoms with Gasteiger partial charge >= 0.3 is 0 Å². The monoisotopic (exact) mass is 267 g/mol. The van der Waals surface area contributed by atoms with E-state index < -0.39 is 5.82 Å². The zero-order chi connectivity index (χ0) is 8.43. The van der Waals surface area contributed by atoms with Gasteiger partial charge in [-0.2, -0.15) is 0 Å². The molecule has 0 saturated heterocycles. The molecule has 0 heterocycles. The van der Waals surface area contributed by atoms with Gasteiger partial charge in [0.25, 0.3) is 0 Å². The van der Waals surface area contributed by atoms with Crippen molar-refractivity contribution in [1.82, 2.24) is 0 Å². The van der Waals surface area contributed by atoms with Gasteiger partial charge in [0.1, 0.15) is 5.82 Å². The molecule has 0 atom stereocenters. The van der Waals surface area contributed by atoms with Gasteiger partial charge in [-0.25, -0.2) is 4.39 Å². The van der Waals surface area contributed by atoms with Crippen LogP contribution in [0, 0.1) is 9.39 Å². The summed E-state index contributed by atoms with van der Waals surface area (Å²) in [6, 6.07) is 2.98. The third-order valence-corrected chi connectivity index (χ3v) is 1.97. The first kappa shape index (κ1) is 8.73. The summed E-state index contributed by atoms with van der Waals surface area (Å²) in [5.74, 6) is -0.471. The van der Waals surface area contributed by atoms with Crippen molar-refractivity contribution in [1.29, 1.82) is 0 Å².